The van der Waals surface area contributed by atoms with Crippen LogP contribution in [-0.2, 0) is 13.1 Å². The number of hydrogen-bond acceptors (Lipinski definition) is 5. The number of nitrogens with one attached hydrogen (secondary N) is 1. The summed E-state index contributed by atoms with van der Waals surface area (Å²) in [5.41, 5.74) is 0. The van der Waals surface area contributed by atoms with Gasteiger partial charge >= 0.3 is 0 Å². The average Bonchev–Trinajstić information content (AvgIpc) is 3.04. The van der Waals surface area contributed by atoms with Gasteiger partial charge in [-0.15, -0.1) is 0 Å². The summed E-state index contributed by atoms with van der Waals surface area (Å²) in [5, 5.41) is 7.44. The number of nitrogens with zero attached hydrogens (tertiary/aromatic N) is 4. The molecule has 0 aliphatic heterocycles. The van der Waals surface area contributed by atoms with E-state index in [4.69, 9.17) is 4.52 Å². The molecule has 0 amide bonds. The zero-order chi connectivity index (χ0) is 13.9. The molecule has 0 unspecified atom stereocenters. The lowest BCUT2D eigenvalue weighted by Crippen LogP contribution is -2.27. The summed E-state index contributed by atoms with van der Waals surface area (Å²) in [6, 6.07) is 0.402. The fraction of sp³-hybridized carbons (Fsp3) is 0.643. The highest BCUT2D eigenvalue weighted by Crippen LogP contribution is 2.38. The lowest BCUT2D eigenvalue weighted by atomic mass is 10.2. The average molecular weight is 275 g/mol. The lowest BCUT2D eigenvalue weighted by molar-refractivity contribution is 0.370. The summed E-state index contributed by atoms with van der Waals surface area (Å²) < 4.78 is 7.41. The first-order valence-corrected chi connectivity index (χ1v) is 7.26. The molecule has 0 aromatic carbocycles. The largest absolute Gasteiger partial charge is 0.339 e. The summed E-state index contributed by atoms with van der Waals surface area (Å²) in [6.45, 7) is 5.84. The standard InChI is InChI=1S/C14H21N5O/c1-10(5-7-19-8-6-15-11(19)2)16-9-13-17-14(20-18-13)12-3-4-12/h6,8,10,12,16H,3-5,7,9H2,1-2H3/t10-/m0/s1. The van der Waals surface area contributed by atoms with Crippen molar-refractivity contribution >= 4 is 0 Å². The minimum atomic E-state index is 0.402. The van der Waals surface area contributed by atoms with Crippen LogP contribution in [0.1, 0.15) is 49.6 Å². The highest BCUT2D eigenvalue weighted by Gasteiger charge is 2.29. The Balaban J connectivity index is 1.42. The van der Waals surface area contributed by atoms with Crippen molar-refractivity contribution in [3.05, 3.63) is 29.9 Å². The normalized spacial score (nSPS) is 16.5. The van der Waals surface area contributed by atoms with Crippen molar-refractivity contribution in [1.29, 1.82) is 0 Å². The monoisotopic (exact) mass is 275 g/mol. The Labute approximate surface area is 118 Å². The number of aromatic nitrogens is 4. The number of rotatable bonds is 7. The molecule has 1 aliphatic carbocycles. The van der Waals surface area contributed by atoms with Gasteiger partial charge in [0.1, 0.15) is 5.82 Å². The number of hydrogen-bond donors (Lipinski definition) is 1. The van der Waals surface area contributed by atoms with Gasteiger partial charge in [0.2, 0.25) is 5.89 Å². The predicted octanol–water partition coefficient (Wildman–Crippen LogP) is 2.02. The molecule has 1 saturated carbocycles. The van der Waals surface area contributed by atoms with Gasteiger partial charge in [0.05, 0.1) is 6.54 Å². The summed E-state index contributed by atoms with van der Waals surface area (Å²) in [7, 11) is 0. The molecular formula is C14H21N5O. The molecule has 1 aliphatic rings. The molecule has 108 valence electrons. The van der Waals surface area contributed by atoms with Crippen molar-refractivity contribution < 1.29 is 4.52 Å². The molecule has 6 heteroatoms. The second kappa shape index (κ2) is 5.75. The van der Waals surface area contributed by atoms with Gasteiger partial charge in [-0.1, -0.05) is 5.16 Å². The highest BCUT2D eigenvalue weighted by atomic mass is 16.5. The highest BCUT2D eigenvalue weighted by molar-refractivity contribution is 5.01. The van der Waals surface area contributed by atoms with Crippen LogP contribution in [-0.4, -0.2) is 25.7 Å². The van der Waals surface area contributed by atoms with Crippen LogP contribution in [0.25, 0.3) is 0 Å². The second-order valence-electron chi connectivity index (χ2n) is 5.56. The Bertz CT molecular complexity index is 557. The molecule has 0 bridgehead atoms. The Morgan fingerprint density at radius 2 is 2.35 bits per heavy atom. The number of aryl methyl sites for hydroxylation is 2. The van der Waals surface area contributed by atoms with E-state index in [-0.39, 0.29) is 0 Å². The topological polar surface area (TPSA) is 68.8 Å². The molecule has 2 heterocycles. The van der Waals surface area contributed by atoms with Crippen molar-refractivity contribution in [3.63, 3.8) is 0 Å². The molecule has 20 heavy (non-hydrogen) atoms. The van der Waals surface area contributed by atoms with Gasteiger partial charge in [-0.25, -0.2) is 4.98 Å². The molecule has 6 nitrogen and oxygen atoms in total. The minimum Gasteiger partial charge on any atom is -0.339 e. The second-order valence-corrected chi connectivity index (χ2v) is 5.56. The molecular weight excluding hydrogens is 254 g/mol. The molecule has 0 radical (unpaired) electrons. The van der Waals surface area contributed by atoms with Crippen LogP contribution in [0.4, 0.5) is 0 Å². The van der Waals surface area contributed by atoms with Crippen LogP contribution >= 0.6 is 0 Å². The van der Waals surface area contributed by atoms with E-state index < -0.39 is 0 Å². The third-order valence-electron chi connectivity index (χ3n) is 3.75. The van der Waals surface area contributed by atoms with Gasteiger partial charge in [-0.05, 0) is 33.1 Å². The Morgan fingerprint density at radius 1 is 1.50 bits per heavy atom. The zero-order valence-electron chi connectivity index (χ0n) is 12.0. The van der Waals surface area contributed by atoms with Crippen LogP contribution in [0.15, 0.2) is 16.9 Å². The first kappa shape index (κ1) is 13.3. The van der Waals surface area contributed by atoms with Crippen molar-refractivity contribution in [2.45, 2.75) is 58.2 Å². The van der Waals surface area contributed by atoms with Crippen LogP contribution in [0.5, 0.6) is 0 Å². The predicted molar refractivity (Wildman–Crippen MR) is 74.2 cm³/mol. The first-order valence-electron chi connectivity index (χ1n) is 7.26. The molecule has 0 saturated heterocycles. The van der Waals surface area contributed by atoms with Gasteiger partial charge in [-0.2, -0.15) is 4.98 Å². The summed E-state index contributed by atoms with van der Waals surface area (Å²) >= 11 is 0. The zero-order valence-corrected chi connectivity index (χ0v) is 12.0. The SMILES string of the molecule is Cc1nccn1CC[C@H](C)NCc1noc(C2CC2)n1. The summed E-state index contributed by atoms with van der Waals surface area (Å²) in [6.07, 6.45) is 7.28. The molecule has 0 spiro atoms. The Morgan fingerprint density at radius 3 is 3.05 bits per heavy atom. The van der Waals surface area contributed by atoms with E-state index in [9.17, 15) is 0 Å². The van der Waals surface area contributed by atoms with Crippen molar-refractivity contribution in [3.8, 4) is 0 Å². The van der Waals surface area contributed by atoms with Gasteiger partial charge in [0, 0.05) is 30.9 Å². The van der Waals surface area contributed by atoms with E-state index in [1.54, 1.807) is 0 Å². The maximum atomic E-state index is 5.24. The van der Waals surface area contributed by atoms with E-state index in [0.717, 1.165) is 30.5 Å². The van der Waals surface area contributed by atoms with Crippen LogP contribution < -0.4 is 5.32 Å². The number of imidazole rings is 1. The van der Waals surface area contributed by atoms with Gasteiger partial charge < -0.3 is 14.4 Å². The molecule has 3 rings (SSSR count). The van der Waals surface area contributed by atoms with E-state index in [1.807, 2.05) is 19.3 Å². The summed E-state index contributed by atoms with van der Waals surface area (Å²) in [5.74, 6) is 3.16. The summed E-state index contributed by atoms with van der Waals surface area (Å²) in [4.78, 5) is 8.64. The van der Waals surface area contributed by atoms with Crippen molar-refractivity contribution in [2.24, 2.45) is 0 Å². The van der Waals surface area contributed by atoms with Gasteiger partial charge in [0.15, 0.2) is 5.82 Å². The molecule has 1 fully saturated rings. The third kappa shape index (κ3) is 3.25. The van der Waals surface area contributed by atoms with Crippen molar-refractivity contribution in [2.75, 3.05) is 0 Å². The maximum absolute atomic E-state index is 5.24. The van der Waals surface area contributed by atoms with E-state index in [0.29, 0.717) is 18.5 Å². The lowest BCUT2D eigenvalue weighted by Gasteiger charge is -2.13. The van der Waals surface area contributed by atoms with E-state index in [2.05, 4.69) is 31.9 Å². The Kier molecular flexibility index (Phi) is 3.82. The maximum Gasteiger partial charge on any atom is 0.229 e. The van der Waals surface area contributed by atoms with E-state index in [1.165, 1.54) is 12.8 Å². The Hall–Kier alpha value is -1.69. The van der Waals surface area contributed by atoms with E-state index >= 15 is 0 Å². The fourth-order valence-electron chi connectivity index (χ4n) is 2.18. The molecule has 1 atom stereocenters. The third-order valence-corrected chi connectivity index (χ3v) is 3.75. The van der Waals surface area contributed by atoms with Gasteiger partial charge in [0.25, 0.3) is 0 Å². The van der Waals surface area contributed by atoms with Crippen LogP contribution in [0.2, 0.25) is 0 Å². The van der Waals surface area contributed by atoms with Crippen LogP contribution in [0, 0.1) is 6.92 Å². The smallest absolute Gasteiger partial charge is 0.229 e. The van der Waals surface area contributed by atoms with Crippen molar-refractivity contribution in [1.82, 2.24) is 25.0 Å². The minimum absolute atomic E-state index is 0.402. The molecule has 2 aromatic rings. The van der Waals surface area contributed by atoms with Crippen LogP contribution in [0.3, 0.4) is 0 Å². The van der Waals surface area contributed by atoms with Gasteiger partial charge in [-0.3, -0.25) is 0 Å². The molecule has 1 N–H and O–H groups in total. The first-order chi connectivity index (χ1) is 9.72. The quantitative estimate of drug-likeness (QED) is 0.837. The molecule has 2 aromatic heterocycles. The fourth-order valence-corrected chi connectivity index (χ4v) is 2.18.